The largest absolute Gasteiger partial charge is 0.380 e. The van der Waals surface area contributed by atoms with Crippen molar-refractivity contribution >= 4 is 27.3 Å². The number of ether oxygens (including phenoxy) is 2. The maximum Gasteiger partial charge on any atom is 0.0596 e. The molecule has 4 heteroatoms. The zero-order valence-corrected chi connectivity index (χ0v) is 10.8. The molecule has 2 nitrogen and oxygen atoms in total. The van der Waals surface area contributed by atoms with Gasteiger partial charge in [-0.1, -0.05) is 0 Å². The number of rotatable bonds is 1. The van der Waals surface area contributed by atoms with Crippen LogP contribution in [0.4, 0.5) is 0 Å². The highest BCUT2D eigenvalue weighted by molar-refractivity contribution is 9.10. The summed E-state index contributed by atoms with van der Waals surface area (Å²) >= 11 is 5.34. The molecule has 2 aliphatic heterocycles. The lowest BCUT2D eigenvalue weighted by molar-refractivity contribution is 0.0157. The van der Waals surface area contributed by atoms with Crippen LogP contribution >= 0.6 is 27.3 Å². The second kappa shape index (κ2) is 3.84. The van der Waals surface area contributed by atoms with Gasteiger partial charge in [-0.3, -0.25) is 0 Å². The zero-order chi connectivity index (χ0) is 10.3. The summed E-state index contributed by atoms with van der Waals surface area (Å²) < 4.78 is 12.5. The van der Waals surface area contributed by atoms with Crippen molar-refractivity contribution in [3.8, 4) is 0 Å². The van der Waals surface area contributed by atoms with Crippen molar-refractivity contribution in [2.45, 2.75) is 11.8 Å². The van der Waals surface area contributed by atoms with Crippen LogP contribution in [0.2, 0.25) is 0 Å². The minimum Gasteiger partial charge on any atom is -0.380 e. The monoisotopic (exact) mass is 288 g/mol. The van der Waals surface area contributed by atoms with Gasteiger partial charge in [-0.05, 0) is 34.3 Å². The lowest BCUT2D eigenvalue weighted by Crippen LogP contribution is -2.42. The van der Waals surface area contributed by atoms with Crippen LogP contribution in [0.5, 0.6) is 0 Å². The van der Waals surface area contributed by atoms with Gasteiger partial charge in [-0.2, -0.15) is 0 Å². The Morgan fingerprint density at radius 2 is 2.27 bits per heavy atom. The Bertz CT molecular complexity index is 365. The van der Waals surface area contributed by atoms with Gasteiger partial charge in [0.1, 0.15) is 0 Å². The molecule has 82 valence electrons. The number of thiophene rings is 1. The molecule has 15 heavy (non-hydrogen) atoms. The third-order valence-corrected chi connectivity index (χ3v) is 5.40. The molecule has 0 unspecified atom stereocenters. The van der Waals surface area contributed by atoms with E-state index in [4.69, 9.17) is 9.47 Å². The summed E-state index contributed by atoms with van der Waals surface area (Å²) in [6.45, 7) is 3.44. The molecule has 0 aromatic carbocycles. The molecule has 0 aliphatic carbocycles. The van der Waals surface area contributed by atoms with Crippen LogP contribution in [0.3, 0.4) is 0 Å². The molecule has 0 saturated carbocycles. The highest BCUT2D eigenvalue weighted by Gasteiger charge is 2.48. The van der Waals surface area contributed by atoms with Gasteiger partial charge in [0, 0.05) is 21.3 Å². The van der Waals surface area contributed by atoms with Crippen molar-refractivity contribution in [3.05, 3.63) is 20.8 Å². The highest BCUT2D eigenvalue weighted by Crippen LogP contribution is 2.45. The van der Waals surface area contributed by atoms with Crippen molar-refractivity contribution < 1.29 is 9.47 Å². The maximum absolute atomic E-state index is 5.67. The first kappa shape index (κ1) is 10.3. The van der Waals surface area contributed by atoms with Crippen LogP contribution in [0.15, 0.2) is 15.9 Å². The van der Waals surface area contributed by atoms with Crippen LogP contribution in [-0.4, -0.2) is 26.4 Å². The minimum absolute atomic E-state index is 0.148. The van der Waals surface area contributed by atoms with E-state index in [0.717, 1.165) is 32.8 Å². The molecule has 0 bridgehead atoms. The fraction of sp³-hybridized carbons (Fsp3) is 0.636. The Kier molecular flexibility index (Phi) is 2.63. The molecule has 2 atom stereocenters. The summed E-state index contributed by atoms with van der Waals surface area (Å²) in [5.41, 5.74) is 0.148. The van der Waals surface area contributed by atoms with E-state index < -0.39 is 0 Å². The third kappa shape index (κ3) is 1.58. The van der Waals surface area contributed by atoms with Gasteiger partial charge in [-0.15, -0.1) is 11.3 Å². The van der Waals surface area contributed by atoms with E-state index in [0.29, 0.717) is 5.92 Å². The van der Waals surface area contributed by atoms with E-state index in [1.54, 1.807) is 0 Å². The van der Waals surface area contributed by atoms with Crippen molar-refractivity contribution in [3.63, 3.8) is 0 Å². The van der Waals surface area contributed by atoms with Gasteiger partial charge >= 0.3 is 0 Å². The predicted octanol–water partition coefficient (Wildman–Crippen LogP) is 2.82. The van der Waals surface area contributed by atoms with E-state index in [-0.39, 0.29) is 5.41 Å². The second-order valence-corrected chi connectivity index (χ2v) is 6.17. The molecule has 0 N–H and O–H groups in total. The standard InChI is InChI=1S/C11H13BrO2S/c12-9-3-10(15-5-9)11-6-13-2-1-8(11)4-14-7-11/h3,5,8H,1-2,4,6-7H2/t8-,11-/m0/s1. The number of fused-ring (bicyclic) bond motifs is 1. The Morgan fingerprint density at radius 1 is 1.40 bits per heavy atom. The van der Waals surface area contributed by atoms with Crippen LogP contribution in [0.25, 0.3) is 0 Å². The van der Waals surface area contributed by atoms with Gasteiger partial charge in [0.15, 0.2) is 0 Å². The quantitative estimate of drug-likeness (QED) is 0.791. The molecule has 2 fully saturated rings. The third-order valence-electron chi connectivity index (χ3n) is 3.49. The van der Waals surface area contributed by atoms with E-state index in [9.17, 15) is 0 Å². The van der Waals surface area contributed by atoms with E-state index in [1.807, 2.05) is 11.3 Å². The number of hydrogen-bond donors (Lipinski definition) is 0. The molecule has 0 spiro atoms. The van der Waals surface area contributed by atoms with E-state index >= 15 is 0 Å². The average Bonchev–Trinajstić information content (AvgIpc) is 2.83. The van der Waals surface area contributed by atoms with Crippen LogP contribution in [0.1, 0.15) is 11.3 Å². The molecule has 2 aliphatic rings. The molecule has 0 amide bonds. The van der Waals surface area contributed by atoms with Crippen molar-refractivity contribution in [2.24, 2.45) is 5.92 Å². The SMILES string of the molecule is Brc1csc([C@]23COCC[C@H]2COC3)c1. The molecule has 1 aromatic rings. The lowest BCUT2D eigenvalue weighted by Gasteiger charge is -2.36. The maximum atomic E-state index is 5.67. The van der Waals surface area contributed by atoms with Crippen molar-refractivity contribution in [1.29, 1.82) is 0 Å². The molecule has 2 saturated heterocycles. The van der Waals surface area contributed by atoms with Gasteiger partial charge in [0.25, 0.3) is 0 Å². The summed E-state index contributed by atoms with van der Waals surface area (Å²) in [6.07, 6.45) is 1.13. The van der Waals surface area contributed by atoms with Crippen LogP contribution in [-0.2, 0) is 14.9 Å². The fourth-order valence-corrected chi connectivity index (χ4v) is 4.26. The Morgan fingerprint density at radius 3 is 3.07 bits per heavy atom. The molecule has 3 rings (SSSR count). The predicted molar refractivity (Wildman–Crippen MR) is 63.4 cm³/mol. The van der Waals surface area contributed by atoms with E-state index in [2.05, 4.69) is 27.4 Å². The highest BCUT2D eigenvalue weighted by atomic mass is 79.9. The summed E-state index contributed by atoms with van der Waals surface area (Å²) in [6, 6.07) is 2.22. The molecule has 3 heterocycles. The van der Waals surface area contributed by atoms with Crippen LogP contribution in [0, 0.1) is 5.92 Å². The van der Waals surface area contributed by atoms with Crippen molar-refractivity contribution in [2.75, 3.05) is 26.4 Å². The number of halogens is 1. The molecule has 0 radical (unpaired) electrons. The first-order chi connectivity index (χ1) is 7.31. The lowest BCUT2D eigenvalue weighted by atomic mass is 9.74. The Balaban J connectivity index is 1.99. The minimum atomic E-state index is 0.148. The molecule has 1 aromatic heterocycles. The first-order valence-corrected chi connectivity index (χ1v) is 6.88. The summed E-state index contributed by atoms with van der Waals surface area (Å²) in [5.74, 6) is 0.650. The smallest absolute Gasteiger partial charge is 0.0596 e. The summed E-state index contributed by atoms with van der Waals surface area (Å²) in [4.78, 5) is 1.41. The van der Waals surface area contributed by atoms with Gasteiger partial charge in [-0.25, -0.2) is 0 Å². The van der Waals surface area contributed by atoms with Gasteiger partial charge in [0.2, 0.25) is 0 Å². The van der Waals surface area contributed by atoms with E-state index in [1.165, 1.54) is 9.35 Å². The number of hydrogen-bond acceptors (Lipinski definition) is 3. The second-order valence-electron chi connectivity index (χ2n) is 4.34. The Labute approximate surface area is 102 Å². The summed E-state index contributed by atoms with van der Waals surface area (Å²) in [7, 11) is 0. The topological polar surface area (TPSA) is 18.5 Å². The average molecular weight is 289 g/mol. The van der Waals surface area contributed by atoms with Gasteiger partial charge < -0.3 is 9.47 Å². The molecular weight excluding hydrogens is 276 g/mol. The van der Waals surface area contributed by atoms with Crippen molar-refractivity contribution in [1.82, 2.24) is 0 Å². The zero-order valence-electron chi connectivity index (χ0n) is 8.37. The fourth-order valence-electron chi connectivity index (χ4n) is 2.58. The first-order valence-electron chi connectivity index (χ1n) is 5.21. The molecular formula is C11H13BrO2S. The van der Waals surface area contributed by atoms with Gasteiger partial charge in [0.05, 0.1) is 25.2 Å². The summed E-state index contributed by atoms with van der Waals surface area (Å²) in [5, 5.41) is 2.15. The normalized spacial score (nSPS) is 35.4. The Hall–Kier alpha value is 0.1000. The van der Waals surface area contributed by atoms with Crippen LogP contribution < -0.4 is 0 Å².